The van der Waals surface area contributed by atoms with Gasteiger partial charge in [0.15, 0.2) is 0 Å². The molecule has 0 spiro atoms. The molecule has 0 aliphatic carbocycles. The molecule has 0 aromatic rings. The SMILES string of the molecule is C/C(=C\COC(=O)CCCCCCCC(=O)O)CCC[C@H](C)CCC[C@H](C)CCCC(C)C. The molecule has 0 heterocycles. The highest BCUT2D eigenvalue weighted by atomic mass is 16.5. The maximum absolute atomic E-state index is 11.8. The Balaban J connectivity index is 3.66. The zero-order valence-corrected chi connectivity index (χ0v) is 22.5. The summed E-state index contributed by atoms with van der Waals surface area (Å²) in [5.41, 5.74) is 1.31. The van der Waals surface area contributed by atoms with E-state index in [-0.39, 0.29) is 12.4 Å². The molecule has 0 radical (unpaired) electrons. The Morgan fingerprint density at radius 3 is 1.79 bits per heavy atom. The van der Waals surface area contributed by atoms with Crippen LogP contribution in [0.3, 0.4) is 0 Å². The maximum Gasteiger partial charge on any atom is 0.306 e. The number of carboxylic acids is 1. The van der Waals surface area contributed by atoms with Gasteiger partial charge in [-0.2, -0.15) is 0 Å². The number of carbonyl (C=O) groups is 2. The number of hydrogen-bond donors (Lipinski definition) is 1. The van der Waals surface area contributed by atoms with Crippen LogP contribution in [-0.2, 0) is 14.3 Å². The smallest absolute Gasteiger partial charge is 0.306 e. The maximum atomic E-state index is 11.8. The Hall–Kier alpha value is -1.32. The first-order chi connectivity index (χ1) is 15.7. The number of ether oxygens (including phenoxy) is 1. The van der Waals surface area contributed by atoms with Gasteiger partial charge in [0.05, 0.1) is 0 Å². The largest absolute Gasteiger partial charge is 0.481 e. The summed E-state index contributed by atoms with van der Waals surface area (Å²) in [6.07, 6.45) is 18.9. The van der Waals surface area contributed by atoms with Crippen molar-refractivity contribution in [2.24, 2.45) is 17.8 Å². The molecule has 33 heavy (non-hydrogen) atoms. The fraction of sp³-hybridized carbons (Fsp3) is 0.862. The van der Waals surface area contributed by atoms with Gasteiger partial charge in [-0.1, -0.05) is 97.5 Å². The van der Waals surface area contributed by atoms with E-state index in [4.69, 9.17) is 9.84 Å². The fourth-order valence-corrected chi connectivity index (χ4v) is 4.23. The van der Waals surface area contributed by atoms with Crippen molar-refractivity contribution in [3.05, 3.63) is 11.6 Å². The van der Waals surface area contributed by atoms with Crippen LogP contribution in [0.1, 0.15) is 137 Å². The summed E-state index contributed by atoms with van der Waals surface area (Å²) >= 11 is 0. The first-order valence-corrected chi connectivity index (χ1v) is 13.7. The number of hydrogen-bond acceptors (Lipinski definition) is 3. The number of rotatable bonds is 22. The predicted octanol–water partition coefficient (Wildman–Crippen LogP) is 8.73. The van der Waals surface area contributed by atoms with Crippen LogP contribution in [0.4, 0.5) is 0 Å². The van der Waals surface area contributed by atoms with Crippen molar-refractivity contribution in [2.45, 2.75) is 137 Å². The molecule has 2 atom stereocenters. The Morgan fingerprint density at radius 2 is 1.21 bits per heavy atom. The van der Waals surface area contributed by atoms with Crippen LogP contribution in [0.25, 0.3) is 0 Å². The molecular formula is C29H54O4. The van der Waals surface area contributed by atoms with Crippen LogP contribution in [0.5, 0.6) is 0 Å². The topological polar surface area (TPSA) is 63.6 Å². The Morgan fingerprint density at radius 1 is 0.697 bits per heavy atom. The van der Waals surface area contributed by atoms with E-state index in [1.165, 1.54) is 56.9 Å². The van der Waals surface area contributed by atoms with Gasteiger partial charge >= 0.3 is 11.9 Å². The van der Waals surface area contributed by atoms with Crippen molar-refractivity contribution in [3.63, 3.8) is 0 Å². The zero-order chi connectivity index (χ0) is 24.9. The van der Waals surface area contributed by atoms with Crippen molar-refractivity contribution < 1.29 is 19.4 Å². The van der Waals surface area contributed by atoms with Crippen molar-refractivity contribution in [1.29, 1.82) is 0 Å². The number of esters is 1. The minimum absolute atomic E-state index is 0.128. The summed E-state index contributed by atoms with van der Waals surface area (Å²) in [5, 5.41) is 8.60. The first-order valence-electron chi connectivity index (χ1n) is 13.7. The van der Waals surface area contributed by atoms with E-state index < -0.39 is 5.97 Å². The van der Waals surface area contributed by atoms with Crippen LogP contribution in [0, 0.1) is 17.8 Å². The van der Waals surface area contributed by atoms with E-state index >= 15 is 0 Å². The molecule has 0 aliphatic heterocycles. The molecule has 0 fully saturated rings. The fourth-order valence-electron chi connectivity index (χ4n) is 4.23. The molecule has 0 bridgehead atoms. The van der Waals surface area contributed by atoms with Gasteiger partial charge in [-0.3, -0.25) is 9.59 Å². The summed E-state index contributed by atoms with van der Waals surface area (Å²) in [4.78, 5) is 22.3. The molecule has 0 unspecified atom stereocenters. The average Bonchev–Trinajstić information content (AvgIpc) is 2.72. The van der Waals surface area contributed by atoms with Crippen LogP contribution >= 0.6 is 0 Å². The Bertz CT molecular complexity index is 524. The van der Waals surface area contributed by atoms with Crippen LogP contribution in [-0.4, -0.2) is 23.7 Å². The summed E-state index contributed by atoms with van der Waals surface area (Å²) < 4.78 is 5.32. The highest BCUT2D eigenvalue weighted by molar-refractivity contribution is 5.69. The number of unbranched alkanes of at least 4 members (excludes halogenated alkanes) is 4. The molecule has 0 saturated carbocycles. The standard InChI is InChI=1S/C29H54O4/c1-24(2)14-11-15-25(3)16-12-17-26(4)18-13-19-27(5)22-23-33-29(32)21-10-8-6-7-9-20-28(30)31/h22,24-26H,6-21,23H2,1-5H3,(H,30,31)/b27-22+/t25-,26-/m1/s1. The molecule has 0 saturated heterocycles. The lowest BCUT2D eigenvalue weighted by molar-refractivity contribution is -0.142. The second-order valence-electron chi connectivity index (χ2n) is 10.8. The van der Waals surface area contributed by atoms with Gasteiger partial charge in [-0.15, -0.1) is 0 Å². The minimum atomic E-state index is -0.732. The Kier molecular flexibility index (Phi) is 20.4. The summed E-state index contributed by atoms with van der Waals surface area (Å²) in [7, 11) is 0. The summed E-state index contributed by atoms with van der Waals surface area (Å²) in [5.74, 6) is 1.64. The van der Waals surface area contributed by atoms with E-state index in [2.05, 4.69) is 34.6 Å². The van der Waals surface area contributed by atoms with Gasteiger partial charge < -0.3 is 9.84 Å². The van der Waals surface area contributed by atoms with Crippen molar-refractivity contribution in [1.82, 2.24) is 0 Å². The highest BCUT2D eigenvalue weighted by Crippen LogP contribution is 2.22. The number of carbonyl (C=O) groups excluding carboxylic acids is 1. The lowest BCUT2D eigenvalue weighted by Crippen LogP contribution is -2.04. The lowest BCUT2D eigenvalue weighted by Gasteiger charge is -2.15. The van der Waals surface area contributed by atoms with Gasteiger partial charge in [0, 0.05) is 12.8 Å². The molecule has 0 aromatic heterocycles. The zero-order valence-electron chi connectivity index (χ0n) is 22.5. The minimum Gasteiger partial charge on any atom is -0.481 e. The first kappa shape index (κ1) is 31.7. The third kappa shape index (κ3) is 23.6. The quantitative estimate of drug-likeness (QED) is 0.0984. The van der Waals surface area contributed by atoms with Gasteiger partial charge in [-0.05, 0) is 56.4 Å². The molecule has 0 rings (SSSR count). The molecule has 0 aromatic carbocycles. The second kappa shape index (κ2) is 21.2. The van der Waals surface area contributed by atoms with E-state index in [0.717, 1.165) is 56.3 Å². The van der Waals surface area contributed by atoms with Crippen molar-refractivity contribution in [3.8, 4) is 0 Å². The average molecular weight is 467 g/mol. The molecule has 0 amide bonds. The number of allylic oxidation sites excluding steroid dienone is 1. The Labute approximate surface area is 204 Å². The number of carboxylic acid groups (broad SMARTS) is 1. The van der Waals surface area contributed by atoms with E-state index in [9.17, 15) is 9.59 Å². The monoisotopic (exact) mass is 466 g/mol. The van der Waals surface area contributed by atoms with Gasteiger partial charge in [-0.25, -0.2) is 0 Å². The normalized spacial score (nSPS) is 13.8. The van der Waals surface area contributed by atoms with E-state index in [1.807, 2.05) is 6.08 Å². The van der Waals surface area contributed by atoms with Crippen molar-refractivity contribution in [2.75, 3.05) is 6.61 Å². The third-order valence-electron chi connectivity index (χ3n) is 6.59. The van der Waals surface area contributed by atoms with Crippen LogP contribution in [0.15, 0.2) is 11.6 Å². The predicted molar refractivity (Wildman–Crippen MR) is 139 cm³/mol. The summed E-state index contributed by atoms with van der Waals surface area (Å²) in [6.45, 7) is 11.9. The van der Waals surface area contributed by atoms with Gasteiger partial charge in [0.25, 0.3) is 0 Å². The van der Waals surface area contributed by atoms with Gasteiger partial charge in [0.2, 0.25) is 0 Å². The van der Waals surface area contributed by atoms with Crippen LogP contribution < -0.4 is 0 Å². The second-order valence-corrected chi connectivity index (χ2v) is 10.8. The molecule has 194 valence electrons. The van der Waals surface area contributed by atoms with Gasteiger partial charge in [0.1, 0.15) is 6.61 Å². The highest BCUT2D eigenvalue weighted by Gasteiger charge is 2.07. The molecule has 4 heteroatoms. The lowest BCUT2D eigenvalue weighted by atomic mass is 9.91. The molecule has 4 nitrogen and oxygen atoms in total. The van der Waals surface area contributed by atoms with E-state index in [0.29, 0.717) is 13.0 Å². The van der Waals surface area contributed by atoms with E-state index in [1.54, 1.807) is 0 Å². The number of aliphatic carboxylic acids is 1. The third-order valence-corrected chi connectivity index (χ3v) is 6.59. The molecule has 0 aliphatic rings. The molecule has 1 N–H and O–H groups in total. The molecular weight excluding hydrogens is 412 g/mol. The summed E-state index contributed by atoms with van der Waals surface area (Å²) in [6, 6.07) is 0. The van der Waals surface area contributed by atoms with Crippen LogP contribution in [0.2, 0.25) is 0 Å². The van der Waals surface area contributed by atoms with Crippen molar-refractivity contribution >= 4 is 11.9 Å².